The minimum atomic E-state index is -0.127. The number of aromatic nitrogens is 2. The molecular weight excluding hydrogens is 490 g/mol. The van der Waals surface area contributed by atoms with Crippen molar-refractivity contribution in [2.75, 3.05) is 46.1 Å². The molecule has 3 heterocycles. The van der Waals surface area contributed by atoms with E-state index in [9.17, 15) is 14.7 Å². The number of phenolic OH excluding ortho intramolecular Hbond substituents is 1. The second-order valence-corrected chi connectivity index (χ2v) is 10.3. The average Bonchev–Trinajstić information content (AvgIpc) is 2.90. The van der Waals surface area contributed by atoms with Crippen molar-refractivity contribution in [1.29, 1.82) is 0 Å². The molecule has 1 aliphatic rings. The summed E-state index contributed by atoms with van der Waals surface area (Å²) in [6, 6.07) is 8.75. The SMILES string of the molecule is CNc1ccn(-c2ccnc(C)c2/C=C(\C)CN2CC=C(c3c(C)cc(C(=O)N(C)C)cc3O)CC2)c(=O)c1. The van der Waals surface area contributed by atoms with Gasteiger partial charge in [0, 0.05) is 87.3 Å². The van der Waals surface area contributed by atoms with Crippen molar-refractivity contribution in [2.45, 2.75) is 27.2 Å². The molecule has 1 amide bonds. The Kier molecular flexibility index (Phi) is 8.35. The fourth-order valence-corrected chi connectivity index (χ4v) is 5.08. The van der Waals surface area contributed by atoms with Crippen molar-refractivity contribution < 1.29 is 9.90 Å². The van der Waals surface area contributed by atoms with E-state index in [2.05, 4.69) is 34.3 Å². The number of anilines is 1. The van der Waals surface area contributed by atoms with Crippen molar-refractivity contribution in [1.82, 2.24) is 19.4 Å². The first kappa shape index (κ1) is 27.9. The Morgan fingerprint density at radius 2 is 1.97 bits per heavy atom. The van der Waals surface area contributed by atoms with E-state index < -0.39 is 0 Å². The van der Waals surface area contributed by atoms with Crippen LogP contribution in [0.3, 0.4) is 0 Å². The van der Waals surface area contributed by atoms with Crippen LogP contribution < -0.4 is 10.9 Å². The Morgan fingerprint density at radius 1 is 1.21 bits per heavy atom. The standard InChI is InChI=1S/C31H37N5O3/c1-20(15-26-22(3)33-11-7-27(26)36-14-10-25(32-4)18-29(36)38)19-35-12-8-23(9-13-35)30-21(2)16-24(17-28(30)37)31(39)34(5)6/h7-8,10-11,14-18,32,37H,9,12-13,19H2,1-6H3/b20-15+. The lowest BCUT2D eigenvalue weighted by atomic mass is 9.92. The smallest absolute Gasteiger partial charge is 0.257 e. The van der Waals surface area contributed by atoms with Crippen molar-refractivity contribution in [3.8, 4) is 11.4 Å². The minimum Gasteiger partial charge on any atom is -0.507 e. The first-order chi connectivity index (χ1) is 18.6. The maximum atomic E-state index is 12.8. The van der Waals surface area contributed by atoms with Crippen LogP contribution in [0.15, 0.2) is 59.2 Å². The van der Waals surface area contributed by atoms with E-state index in [0.29, 0.717) is 5.56 Å². The van der Waals surface area contributed by atoms with E-state index in [4.69, 9.17) is 0 Å². The molecule has 0 unspecified atom stereocenters. The number of hydrogen-bond donors (Lipinski definition) is 2. The molecule has 39 heavy (non-hydrogen) atoms. The van der Waals surface area contributed by atoms with E-state index in [0.717, 1.165) is 71.0 Å². The van der Waals surface area contributed by atoms with Crippen LogP contribution in [0, 0.1) is 13.8 Å². The Morgan fingerprint density at radius 3 is 2.59 bits per heavy atom. The Balaban J connectivity index is 1.53. The van der Waals surface area contributed by atoms with Gasteiger partial charge >= 0.3 is 0 Å². The van der Waals surface area contributed by atoms with Gasteiger partial charge in [-0.15, -0.1) is 0 Å². The van der Waals surface area contributed by atoms with Gasteiger partial charge in [-0.05, 0) is 62.6 Å². The molecule has 1 aromatic carbocycles. The molecule has 8 nitrogen and oxygen atoms in total. The second-order valence-electron chi connectivity index (χ2n) is 10.3. The zero-order valence-corrected chi connectivity index (χ0v) is 23.6. The number of amides is 1. The number of hydrogen-bond acceptors (Lipinski definition) is 6. The zero-order chi connectivity index (χ0) is 28.3. The maximum absolute atomic E-state index is 12.8. The Hall–Kier alpha value is -4.17. The summed E-state index contributed by atoms with van der Waals surface area (Å²) in [5.41, 5.74) is 7.72. The predicted octanol–water partition coefficient (Wildman–Crippen LogP) is 4.49. The van der Waals surface area contributed by atoms with Gasteiger partial charge in [-0.2, -0.15) is 0 Å². The largest absolute Gasteiger partial charge is 0.507 e. The van der Waals surface area contributed by atoms with Crippen LogP contribution in [0.25, 0.3) is 17.3 Å². The fourth-order valence-electron chi connectivity index (χ4n) is 5.08. The third-order valence-corrected chi connectivity index (χ3v) is 7.08. The molecule has 0 aliphatic carbocycles. The van der Waals surface area contributed by atoms with Gasteiger partial charge in [-0.1, -0.05) is 17.7 Å². The summed E-state index contributed by atoms with van der Waals surface area (Å²) in [4.78, 5) is 33.5. The summed E-state index contributed by atoms with van der Waals surface area (Å²) in [7, 11) is 5.20. The van der Waals surface area contributed by atoms with Gasteiger partial charge in [-0.25, -0.2) is 0 Å². The summed E-state index contributed by atoms with van der Waals surface area (Å²) < 4.78 is 1.65. The number of nitrogens with one attached hydrogen (secondary N) is 1. The highest BCUT2D eigenvalue weighted by Gasteiger charge is 2.20. The number of phenols is 1. The van der Waals surface area contributed by atoms with E-state index >= 15 is 0 Å². The molecule has 2 aromatic heterocycles. The highest BCUT2D eigenvalue weighted by molar-refractivity contribution is 5.95. The van der Waals surface area contributed by atoms with Gasteiger partial charge in [0.1, 0.15) is 5.75 Å². The monoisotopic (exact) mass is 527 g/mol. The topological polar surface area (TPSA) is 90.7 Å². The minimum absolute atomic E-state index is 0.105. The van der Waals surface area contributed by atoms with Crippen molar-refractivity contribution in [2.24, 2.45) is 0 Å². The molecule has 0 bridgehead atoms. The van der Waals surface area contributed by atoms with Crippen LogP contribution in [-0.4, -0.2) is 71.1 Å². The number of pyridine rings is 2. The zero-order valence-electron chi connectivity index (χ0n) is 23.6. The van der Waals surface area contributed by atoms with Crippen LogP contribution in [0.1, 0.15) is 46.1 Å². The molecule has 1 aliphatic heterocycles. The Bertz CT molecular complexity index is 1490. The number of carbonyl (C=O) groups is 1. The third-order valence-electron chi connectivity index (χ3n) is 7.08. The van der Waals surface area contributed by atoms with Gasteiger partial charge in [0.15, 0.2) is 0 Å². The highest BCUT2D eigenvalue weighted by atomic mass is 16.3. The number of carbonyl (C=O) groups excluding carboxylic acids is 1. The molecule has 3 aromatic rings. The Labute approximate surface area is 229 Å². The van der Waals surface area contributed by atoms with Gasteiger partial charge in [0.2, 0.25) is 0 Å². The number of aryl methyl sites for hydroxylation is 2. The molecule has 4 rings (SSSR count). The molecule has 0 spiro atoms. The molecule has 0 radical (unpaired) electrons. The summed E-state index contributed by atoms with van der Waals surface area (Å²) >= 11 is 0. The molecule has 204 valence electrons. The molecule has 8 heteroatoms. The van der Waals surface area contributed by atoms with Gasteiger partial charge < -0.3 is 15.3 Å². The summed E-state index contributed by atoms with van der Waals surface area (Å²) in [5, 5.41) is 13.8. The van der Waals surface area contributed by atoms with Crippen LogP contribution in [0.2, 0.25) is 0 Å². The maximum Gasteiger partial charge on any atom is 0.257 e. The molecule has 0 saturated carbocycles. The first-order valence-electron chi connectivity index (χ1n) is 13.1. The fraction of sp³-hybridized carbons (Fsp3) is 0.323. The number of benzene rings is 1. The van der Waals surface area contributed by atoms with Crippen molar-refractivity contribution >= 4 is 23.2 Å². The van der Waals surface area contributed by atoms with Gasteiger partial charge in [0.25, 0.3) is 11.5 Å². The van der Waals surface area contributed by atoms with Crippen molar-refractivity contribution in [3.63, 3.8) is 0 Å². The second kappa shape index (κ2) is 11.7. The lowest BCUT2D eigenvalue weighted by molar-refractivity contribution is 0.0827. The van der Waals surface area contributed by atoms with Gasteiger partial charge in [-0.3, -0.25) is 24.0 Å². The van der Waals surface area contributed by atoms with Crippen LogP contribution in [0.5, 0.6) is 5.75 Å². The highest BCUT2D eigenvalue weighted by Crippen LogP contribution is 2.34. The lowest BCUT2D eigenvalue weighted by Gasteiger charge is -2.28. The molecule has 0 fully saturated rings. The summed E-state index contributed by atoms with van der Waals surface area (Å²) in [6.07, 6.45) is 8.59. The number of aromatic hydroxyl groups is 1. The number of nitrogens with zero attached hydrogens (tertiary/aromatic N) is 4. The van der Waals surface area contributed by atoms with E-state index in [1.165, 1.54) is 4.90 Å². The molecule has 0 saturated heterocycles. The summed E-state index contributed by atoms with van der Waals surface area (Å²) in [5.74, 6) is 0.0198. The first-order valence-corrected chi connectivity index (χ1v) is 13.1. The summed E-state index contributed by atoms with van der Waals surface area (Å²) in [6.45, 7) is 8.36. The third kappa shape index (κ3) is 6.12. The van der Waals surface area contributed by atoms with Crippen LogP contribution in [0.4, 0.5) is 5.69 Å². The van der Waals surface area contributed by atoms with Crippen LogP contribution >= 0.6 is 0 Å². The quantitative estimate of drug-likeness (QED) is 0.471. The number of rotatable bonds is 7. The average molecular weight is 528 g/mol. The molecule has 0 atom stereocenters. The lowest BCUT2D eigenvalue weighted by Crippen LogP contribution is -2.30. The molecule has 2 N–H and O–H groups in total. The van der Waals surface area contributed by atoms with Gasteiger partial charge in [0.05, 0.1) is 5.69 Å². The predicted molar refractivity (Wildman–Crippen MR) is 158 cm³/mol. The van der Waals surface area contributed by atoms with E-state index in [-0.39, 0.29) is 17.2 Å². The molecular formula is C31H37N5O3. The normalized spacial score (nSPS) is 14.2. The van der Waals surface area contributed by atoms with Crippen LogP contribution in [-0.2, 0) is 0 Å². The van der Waals surface area contributed by atoms with Crippen molar-refractivity contribution in [3.05, 3.63) is 92.7 Å². The van der Waals surface area contributed by atoms with E-state index in [1.807, 2.05) is 32.0 Å². The van der Waals surface area contributed by atoms with E-state index in [1.54, 1.807) is 50.2 Å².